The third kappa shape index (κ3) is 6.26. The topological polar surface area (TPSA) is 88.4 Å². The monoisotopic (exact) mass is 618 g/mol. The SMILES string of the molecule is COC(=O)c1ccc(NC(=O)/C(C#N)=C/c2cc(Br)c(OCc3cccc4ccccc34)c(Br)c2)cc1. The van der Waals surface area contributed by atoms with Crippen LogP contribution in [0.15, 0.2) is 93.4 Å². The van der Waals surface area contributed by atoms with Crippen molar-refractivity contribution < 1.29 is 19.1 Å². The molecule has 0 bridgehead atoms. The summed E-state index contributed by atoms with van der Waals surface area (Å²) in [4.78, 5) is 24.3. The van der Waals surface area contributed by atoms with E-state index in [0.29, 0.717) is 38.1 Å². The van der Waals surface area contributed by atoms with Crippen LogP contribution in [0.3, 0.4) is 0 Å². The van der Waals surface area contributed by atoms with Crippen molar-refractivity contribution >= 4 is 66.3 Å². The molecular formula is C29H20Br2N2O4. The highest BCUT2D eigenvalue weighted by Gasteiger charge is 2.14. The molecular weight excluding hydrogens is 600 g/mol. The molecule has 0 radical (unpaired) electrons. The second-order valence-electron chi connectivity index (χ2n) is 7.93. The third-order valence-corrected chi connectivity index (χ3v) is 6.69. The van der Waals surface area contributed by atoms with Gasteiger partial charge in [-0.05, 0) is 96.2 Å². The Morgan fingerprint density at radius 2 is 1.65 bits per heavy atom. The van der Waals surface area contributed by atoms with Gasteiger partial charge in [-0.1, -0.05) is 42.5 Å². The van der Waals surface area contributed by atoms with Gasteiger partial charge in [0.05, 0.1) is 21.6 Å². The van der Waals surface area contributed by atoms with Gasteiger partial charge in [0.25, 0.3) is 5.91 Å². The second-order valence-corrected chi connectivity index (χ2v) is 9.64. The van der Waals surface area contributed by atoms with E-state index in [1.165, 1.54) is 25.3 Å². The van der Waals surface area contributed by atoms with Crippen molar-refractivity contribution in [2.24, 2.45) is 0 Å². The van der Waals surface area contributed by atoms with E-state index in [1.54, 1.807) is 24.3 Å². The van der Waals surface area contributed by atoms with Crippen LogP contribution in [-0.4, -0.2) is 19.0 Å². The number of ether oxygens (including phenoxy) is 2. The number of amides is 1. The molecule has 0 spiro atoms. The fourth-order valence-corrected chi connectivity index (χ4v) is 5.14. The summed E-state index contributed by atoms with van der Waals surface area (Å²) in [5, 5.41) is 14.5. The highest BCUT2D eigenvalue weighted by Crippen LogP contribution is 2.36. The van der Waals surface area contributed by atoms with Gasteiger partial charge in [0, 0.05) is 5.69 Å². The Morgan fingerprint density at radius 1 is 0.973 bits per heavy atom. The predicted octanol–water partition coefficient (Wildman–Crippen LogP) is 7.28. The number of nitrogens with one attached hydrogen (secondary N) is 1. The van der Waals surface area contributed by atoms with E-state index >= 15 is 0 Å². The number of anilines is 1. The predicted molar refractivity (Wildman–Crippen MR) is 150 cm³/mol. The molecule has 0 aromatic heterocycles. The number of rotatable bonds is 7. The second kappa shape index (κ2) is 11.9. The number of fused-ring (bicyclic) bond motifs is 1. The van der Waals surface area contributed by atoms with Crippen LogP contribution >= 0.6 is 31.9 Å². The minimum atomic E-state index is -0.572. The highest BCUT2D eigenvalue weighted by atomic mass is 79.9. The average Bonchev–Trinajstić information content (AvgIpc) is 2.91. The van der Waals surface area contributed by atoms with Crippen molar-refractivity contribution in [1.82, 2.24) is 0 Å². The maximum atomic E-state index is 12.7. The molecule has 1 amide bonds. The normalized spacial score (nSPS) is 11.0. The number of esters is 1. The first-order valence-electron chi connectivity index (χ1n) is 11.1. The van der Waals surface area contributed by atoms with Gasteiger partial charge < -0.3 is 14.8 Å². The molecule has 4 rings (SSSR count). The molecule has 0 unspecified atom stereocenters. The standard InChI is InChI=1S/C29H20Br2N2O4/c1-36-29(35)20-9-11-23(12-10-20)33-28(34)22(16-32)13-18-14-25(30)27(26(31)15-18)37-17-21-7-4-6-19-5-2-3-8-24(19)21/h2-15H,17H2,1H3,(H,33,34)/b22-13+. The van der Waals surface area contributed by atoms with Crippen molar-refractivity contribution in [3.8, 4) is 11.8 Å². The molecule has 4 aromatic rings. The summed E-state index contributed by atoms with van der Waals surface area (Å²) in [5.74, 6) is -0.438. The van der Waals surface area contributed by atoms with Gasteiger partial charge in [0.2, 0.25) is 0 Å². The lowest BCUT2D eigenvalue weighted by molar-refractivity contribution is -0.112. The zero-order chi connectivity index (χ0) is 26.4. The number of nitrogens with zero attached hydrogens (tertiary/aromatic N) is 1. The largest absolute Gasteiger partial charge is 0.487 e. The van der Waals surface area contributed by atoms with Crippen LogP contribution < -0.4 is 10.1 Å². The van der Waals surface area contributed by atoms with Gasteiger partial charge in [-0.2, -0.15) is 5.26 Å². The van der Waals surface area contributed by atoms with Crippen molar-refractivity contribution in [2.75, 3.05) is 12.4 Å². The van der Waals surface area contributed by atoms with Gasteiger partial charge in [-0.15, -0.1) is 0 Å². The molecule has 184 valence electrons. The fourth-order valence-electron chi connectivity index (χ4n) is 3.69. The van der Waals surface area contributed by atoms with Crippen LogP contribution in [0.5, 0.6) is 5.75 Å². The molecule has 0 saturated heterocycles. The van der Waals surface area contributed by atoms with Crippen LogP contribution in [0, 0.1) is 11.3 Å². The van der Waals surface area contributed by atoms with E-state index in [-0.39, 0.29) is 5.57 Å². The van der Waals surface area contributed by atoms with Crippen LogP contribution in [0.25, 0.3) is 16.8 Å². The number of nitriles is 1. The number of halogens is 2. The summed E-state index contributed by atoms with van der Waals surface area (Å²) < 4.78 is 12.1. The zero-order valence-corrected chi connectivity index (χ0v) is 22.8. The molecule has 0 aliphatic rings. The van der Waals surface area contributed by atoms with Gasteiger partial charge in [-0.3, -0.25) is 4.79 Å². The molecule has 37 heavy (non-hydrogen) atoms. The highest BCUT2D eigenvalue weighted by molar-refractivity contribution is 9.11. The van der Waals surface area contributed by atoms with E-state index in [9.17, 15) is 14.9 Å². The molecule has 0 aliphatic carbocycles. The first kappa shape index (κ1) is 26.1. The lowest BCUT2D eigenvalue weighted by atomic mass is 10.1. The Bertz CT molecular complexity index is 1530. The Morgan fingerprint density at radius 3 is 2.32 bits per heavy atom. The van der Waals surface area contributed by atoms with E-state index < -0.39 is 11.9 Å². The number of carbonyl (C=O) groups excluding carboxylic acids is 2. The Balaban J connectivity index is 1.49. The van der Waals surface area contributed by atoms with Crippen molar-refractivity contribution in [2.45, 2.75) is 6.61 Å². The molecule has 1 N–H and O–H groups in total. The molecule has 0 aliphatic heterocycles. The van der Waals surface area contributed by atoms with Crippen LogP contribution in [-0.2, 0) is 16.1 Å². The molecule has 0 atom stereocenters. The summed E-state index contributed by atoms with van der Waals surface area (Å²) in [5.41, 5.74) is 2.40. The van der Waals surface area contributed by atoms with Crippen molar-refractivity contribution in [3.63, 3.8) is 0 Å². The minimum Gasteiger partial charge on any atom is -0.487 e. The summed E-state index contributed by atoms with van der Waals surface area (Å²) >= 11 is 7.09. The van der Waals surface area contributed by atoms with Crippen molar-refractivity contribution in [1.29, 1.82) is 5.26 Å². The fraction of sp³-hybridized carbons (Fsp3) is 0.0690. The molecule has 8 heteroatoms. The number of hydrogen-bond donors (Lipinski definition) is 1. The van der Waals surface area contributed by atoms with E-state index in [2.05, 4.69) is 60.1 Å². The van der Waals surface area contributed by atoms with Crippen LogP contribution in [0.1, 0.15) is 21.5 Å². The third-order valence-electron chi connectivity index (χ3n) is 5.51. The van der Waals surface area contributed by atoms with Crippen LogP contribution in [0.2, 0.25) is 0 Å². The summed E-state index contributed by atoms with van der Waals surface area (Å²) in [6, 6.07) is 25.9. The first-order chi connectivity index (χ1) is 17.9. The van der Waals surface area contributed by atoms with E-state index in [4.69, 9.17) is 4.74 Å². The zero-order valence-electron chi connectivity index (χ0n) is 19.6. The molecule has 6 nitrogen and oxygen atoms in total. The van der Waals surface area contributed by atoms with Crippen LogP contribution in [0.4, 0.5) is 5.69 Å². The Labute approximate surface area is 230 Å². The maximum absolute atomic E-state index is 12.7. The number of methoxy groups -OCH3 is 1. The smallest absolute Gasteiger partial charge is 0.337 e. The van der Waals surface area contributed by atoms with Gasteiger partial charge in [-0.25, -0.2) is 4.79 Å². The number of benzene rings is 4. The summed E-state index contributed by atoms with van der Waals surface area (Å²) in [6.45, 7) is 0.369. The molecule has 4 aromatic carbocycles. The lowest BCUT2D eigenvalue weighted by Crippen LogP contribution is -2.13. The number of carbonyl (C=O) groups is 2. The van der Waals surface area contributed by atoms with Gasteiger partial charge >= 0.3 is 5.97 Å². The van der Waals surface area contributed by atoms with E-state index in [1.807, 2.05) is 30.3 Å². The minimum absolute atomic E-state index is 0.0831. The van der Waals surface area contributed by atoms with E-state index in [0.717, 1.165) is 16.3 Å². The first-order valence-corrected chi connectivity index (χ1v) is 12.7. The van der Waals surface area contributed by atoms with Gasteiger partial charge in [0.15, 0.2) is 0 Å². The average molecular weight is 620 g/mol. The van der Waals surface area contributed by atoms with Gasteiger partial charge in [0.1, 0.15) is 24.0 Å². The molecule has 0 fully saturated rings. The molecule has 0 heterocycles. The lowest BCUT2D eigenvalue weighted by Gasteiger charge is -2.13. The quantitative estimate of drug-likeness (QED) is 0.133. The Kier molecular flexibility index (Phi) is 8.39. The summed E-state index contributed by atoms with van der Waals surface area (Å²) in [6.07, 6.45) is 1.49. The van der Waals surface area contributed by atoms with Crippen molar-refractivity contribution in [3.05, 3.63) is 110 Å². The Hall–Kier alpha value is -3.93. The number of hydrogen-bond acceptors (Lipinski definition) is 5. The molecule has 0 saturated carbocycles. The summed E-state index contributed by atoms with van der Waals surface area (Å²) in [7, 11) is 1.29. The maximum Gasteiger partial charge on any atom is 0.337 e.